The first-order valence-electron chi connectivity index (χ1n) is 6.20. The molecule has 2 rings (SSSR count). The molecule has 1 fully saturated rings. The molecule has 1 aliphatic heterocycles. The van der Waals surface area contributed by atoms with Crippen molar-refractivity contribution < 1.29 is 9.59 Å². The van der Waals surface area contributed by atoms with Crippen molar-refractivity contribution in [3.63, 3.8) is 0 Å². The van der Waals surface area contributed by atoms with Crippen LogP contribution in [0.1, 0.15) is 25.5 Å². The molecular formula is C15H16N2O2. The van der Waals surface area contributed by atoms with Crippen LogP contribution in [0.15, 0.2) is 30.3 Å². The molecule has 0 aliphatic carbocycles. The standard InChI is InChI=1S/C15H16N2O2/c1-4-10(2)17-11(3)14(18)16-13(15(17)19)12-8-6-5-7-9-12/h1,5-11,13H,2-3H3,(H,16,18). The molecule has 19 heavy (non-hydrogen) atoms. The first kappa shape index (κ1) is 13.2. The molecule has 4 heteroatoms. The Kier molecular flexibility index (Phi) is 3.57. The highest BCUT2D eigenvalue weighted by Crippen LogP contribution is 2.23. The van der Waals surface area contributed by atoms with Gasteiger partial charge in [0.15, 0.2) is 0 Å². The average molecular weight is 256 g/mol. The number of nitrogens with one attached hydrogen (secondary N) is 1. The van der Waals surface area contributed by atoms with E-state index in [0.29, 0.717) is 0 Å². The number of hydrogen-bond acceptors (Lipinski definition) is 2. The van der Waals surface area contributed by atoms with E-state index in [9.17, 15) is 9.59 Å². The molecule has 1 heterocycles. The molecule has 0 aromatic heterocycles. The first-order valence-corrected chi connectivity index (χ1v) is 6.20. The Hall–Kier alpha value is -2.28. The Labute approximate surface area is 112 Å². The van der Waals surface area contributed by atoms with Gasteiger partial charge >= 0.3 is 0 Å². The number of rotatable bonds is 2. The molecule has 0 spiro atoms. The third-order valence-electron chi connectivity index (χ3n) is 3.38. The van der Waals surface area contributed by atoms with Crippen molar-refractivity contribution in [2.75, 3.05) is 0 Å². The lowest BCUT2D eigenvalue weighted by Crippen LogP contribution is -2.60. The fourth-order valence-electron chi connectivity index (χ4n) is 2.27. The number of terminal acetylenes is 1. The van der Waals surface area contributed by atoms with Crippen LogP contribution in [0, 0.1) is 12.3 Å². The third kappa shape index (κ3) is 2.32. The Morgan fingerprint density at radius 3 is 2.53 bits per heavy atom. The Balaban J connectivity index is 2.36. The van der Waals surface area contributed by atoms with Crippen molar-refractivity contribution in [2.24, 2.45) is 0 Å². The molecule has 1 saturated heterocycles. The number of piperazine rings is 1. The maximum Gasteiger partial charge on any atom is 0.251 e. The summed E-state index contributed by atoms with van der Waals surface area (Å²) in [5.41, 5.74) is 0.766. The minimum Gasteiger partial charge on any atom is -0.339 e. The van der Waals surface area contributed by atoms with Gasteiger partial charge in [-0.1, -0.05) is 36.3 Å². The van der Waals surface area contributed by atoms with E-state index in [-0.39, 0.29) is 11.8 Å². The monoisotopic (exact) mass is 256 g/mol. The molecule has 3 unspecified atom stereocenters. The highest BCUT2D eigenvalue weighted by Gasteiger charge is 2.40. The predicted molar refractivity (Wildman–Crippen MR) is 71.9 cm³/mol. The van der Waals surface area contributed by atoms with Gasteiger partial charge in [-0.3, -0.25) is 9.59 Å². The zero-order valence-corrected chi connectivity index (χ0v) is 11.0. The topological polar surface area (TPSA) is 49.4 Å². The largest absolute Gasteiger partial charge is 0.339 e. The molecule has 1 aliphatic rings. The van der Waals surface area contributed by atoms with Gasteiger partial charge in [-0.25, -0.2) is 0 Å². The zero-order chi connectivity index (χ0) is 14.0. The first-order chi connectivity index (χ1) is 9.06. The number of carbonyl (C=O) groups is 2. The minimum absolute atomic E-state index is 0.163. The van der Waals surface area contributed by atoms with Crippen molar-refractivity contribution in [3.05, 3.63) is 35.9 Å². The summed E-state index contributed by atoms with van der Waals surface area (Å²) in [6, 6.07) is 7.57. The van der Waals surface area contributed by atoms with E-state index in [1.807, 2.05) is 30.3 Å². The third-order valence-corrected chi connectivity index (χ3v) is 3.38. The maximum absolute atomic E-state index is 12.5. The summed E-state index contributed by atoms with van der Waals surface area (Å²) in [5.74, 6) is 2.17. The summed E-state index contributed by atoms with van der Waals surface area (Å²) in [5, 5.41) is 2.74. The lowest BCUT2D eigenvalue weighted by atomic mass is 9.99. The van der Waals surface area contributed by atoms with Gasteiger partial charge in [0.05, 0.1) is 6.04 Å². The summed E-state index contributed by atoms with van der Waals surface area (Å²) in [7, 11) is 0. The number of benzene rings is 1. The van der Waals surface area contributed by atoms with E-state index < -0.39 is 18.1 Å². The van der Waals surface area contributed by atoms with Gasteiger partial charge < -0.3 is 10.2 Å². The smallest absolute Gasteiger partial charge is 0.251 e. The second-order valence-corrected chi connectivity index (χ2v) is 4.62. The molecule has 1 aromatic rings. The molecule has 0 bridgehead atoms. The highest BCUT2D eigenvalue weighted by molar-refractivity contribution is 5.97. The van der Waals surface area contributed by atoms with Gasteiger partial charge in [-0.05, 0) is 19.4 Å². The Morgan fingerprint density at radius 2 is 1.95 bits per heavy atom. The minimum atomic E-state index is -0.652. The lowest BCUT2D eigenvalue weighted by molar-refractivity contribution is -0.150. The van der Waals surface area contributed by atoms with Crippen LogP contribution in [-0.2, 0) is 9.59 Å². The molecule has 98 valence electrons. The van der Waals surface area contributed by atoms with E-state index in [1.165, 1.54) is 4.90 Å². The Morgan fingerprint density at radius 1 is 1.32 bits per heavy atom. The van der Waals surface area contributed by atoms with Gasteiger partial charge in [0, 0.05) is 0 Å². The molecular weight excluding hydrogens is 240 g/mol. The zero-order valence-electron chi connectivity index (χ0n) is 11.0. The molecule has 0 saturated carbocycles. The molecule has 1 aromatic carbocycles. The van der Waals surface area contributed by atoms with Crippen LogP contribution < -0.4 is 5.32 Å². The van der Waals surface area contributed by atoms with Crippen LogP contribution >= 0.6 is 0 Å². The van der Waals surface area contributed by atoms with Crippen molar-refractivity contribution in [2.45, 2.75) is 32.0 Å². The number of nitrogens with zero attached hydrogens (tertiary/aromatic N) is 1. The van der Waals surface area contributed by atoms with E-state index in [1.54, 1.807) is 13.8 Å². The van der Waals surface area contributed by atoms with Crippen molar-refractivity contribution in [1.29, 1.82) is 0 Å². The molecule has 4 nitrogen and oxygen atoms in total. The number of amides is 2. The van der Waals surface area contributed by atoms with Crippen LogP contribution in [0.25, 0.3) is 0 Å². The molecule has 2 amide bonds. The van der Waals surface area contributed by atoms with Crippen molar-refractivity contribution in [1.82, 2.24) is 10.2 Å². The maximum atomic E-state index is 12.5. The SMILES string of the molecule is C#CC(C)N1C(=O)C(c2ccccc2)NC(=O)C1C. The highest BCUT2D eigenvalue weighted by atomic mass is 16.2. The fourth-order valence-corrected chi connectivity index (χ4v) is 2.27. The van der Waals surface area contributed by atoms with E-state index in [2.05, 4.69) is 11.2 Å². The summed E-state index contributed by atoms with van der Waals surface area (Å²) in [6.45, 7) is 3.43. The second kappa shape index (κ2) is 5.15. The summed E-state index contributed by atoms with van der Waals surface area (Å²) in [6.07, 6.45) is 5.38. The van der Waals surface area contributed by atoms with E-state index in [0.717, 1.165) is 5.56 Å². The lowest BCUT2D eigenvalue weighted by Gasteiger charge is -2.39. The average Bonchev–Trinajstić information content (AvgIpc) is 2.43. The van der Waals surface area contributed by atoms with Crippen LogP contribution in [-0.4, -0.2) is 28.8 Å². The molecule has 0 radical (unpaired) electrons. The van der Waals surface area contributed by atoms with Gasteiger partial charge in [0.1, 0.15) is 12.1 Å². The number of hydrogen-bond donors (Lipinski definition) is 1. The Bertz CT molecular complexity index is 533. The van der Waals surface area contributed by atoms with Gasteiger partial charge in [-0.15, -0.1) is 6.42 Å². The summed E-state index contributed by atoms with van der Waals surface area (Å²) < 4.78 is 0. The normalized spacial score (nSPS) is 24.6. The quantitative estimate of drug-likeness (QED) is 0.805. The second-order valence-electron chi connectivity index (χ2n) is 4.62. The van der Waals surface area contributed by atoms with E-state index in [4.69, 9.17) is 6.42 Å². The fraction of sp³-hybridized carbons (Fsp3) is 0.333. The van der Waals surface area contributed by atoms with E-state index >= 15 is 0 Å². The van der Waals surface area contributed by atoms with Crippen LogP contribution in [0.3, 0.4) is 0 Å². The van der Waals surface area contributed by atoms with Gasteiger partial charge in [-0.2, -0.15) is 0 Å². The van der Waals surface area contributed by atoms with Crippen LogP contribution in [0.5, 0.6) is 0 Å². The predicted octanol–water partition coefficient (Wildman–Crippen LogP) is 1.10. The summed E-state index contributed by atoms with van der Waals surface area (Å²) >= 11 is 0. The van der Waals surface area contributed by atoms with Crippen LogP contribution in [0.2, 0.25) is 0 Å². The number of carbonyl (C=O) groups excluding carboxylic acids is 2. The van der Waals surface area contributed by atoms with Crippen molar-refractivity contribution >= 4 is 11.8 Å². The molecule has 3 atom stereocenters. The summed E-state index contributed by atoms with van der Waals surface area (Å²) in [4.78, 5) is 25.9. The van der Waals surface area contributed by atoms with Crippen LogP contribution in [0.4, 0.5) is 0 Å². The van der Waals surface area contributed by atoms with Gasteiger partial charge in [0.25, 0.3) is 5.91 Å². The van der Waals surface area contributed by atoms with Gasteiger partial charge in [0.2, 0.25) is 5.91 Å². The van der Waals surface area contributed by atoms with Crippen molar-refractivity contribution in [3.8, 4) is 12.3 Å². The molecule has 1 N–H and O–H groups in total.